The maximum atomic E-state index is 13.5. The molecule has 5 heteroatoms. The van der Waals surface area contributed by atoms with Crippen molar-refractivity contribution in [3.8, 4) is 0 Å². The molecule has 0 spiro atoms. The summed E-state index contributed by atoms with van der Waals surface area (Å²) < 4.78 is 13.5. The third-order valence-electron chi connectivity index (χ3n) is 6.21. The Morgan fingerprint density at radius 1 is 1.21 bits per heavy atom. The van der Waals surface area contributed by atoms with Crippen LogP contribution in [0.25, 0.3) is 0 Å². The fourth-order valence-electron chi connectivity index (χ4n) is 4.50. The summed E-state index contributed by atoms with van der Waals surface area (Å²) in [4.78, 5) is 14.5. The van der Waals surface area contributed by atoms with E-state index in [-0.39, 0.29) is 16.5 Å². The zero-order valence-corrected chi connectivity index (χ0v) is 18.8. The van der Waals surface area contributed by atoms with Gasteiger partial charge < -0.3 is 10.2 Å². The summed E-state index contributed by atoms with van der Waals surface area (Å²) in [6.07, 6.45) is 3.88. The second-order valence-electron chi connectivity index (χ2n) is 7.84. The van der Waals surface area contributed by atoms with Crippen molar-refractivity contribution < 1.29 is 9.18 Å². The van der Waals surface area contributed by atoms with Gasteiger partial charge in [0.25, 0.3) is 5.24 Å². The van der Waals surface area contributed by atoms with Crippen LogP contribution in [0.1, 0.15) is 63.1 Å². The molecule has 29 heavy (non-hydrogen) atoms. The second kappa shape index (κ2) is 8.78. The fraction of sp³-hybridized carbons (Fsp3) is 0.458. The number of hydrogen-bond acceptors (Lipinski definition) is 3. The highest BCUT2D eigenvalue weighted by molar-refractivity contribution is 8.13. The van der Waals surface area contributed by atoms with Crippen molar-refractivity contribution in [1.29, 1.82) is 0 Å². The van der Waals surface area contributed by atoms with Gasteiger partial charge in [-0.3, -0.25) is 4.79 Å². The summed E-state index contributed by atoms with van der Waals surface area (Å²) in [7, 11) is 0. The smallest absolute Gasteiger partial charge is 0.283 e. The average molecular weight is 415 g/mol. The predicted molar refractivity (Wildman–Crippen MR) is 123 cm³/mol. The van der Waals surface area contributed by atoms with Gasteiger partial charge in [0.2, 0.25) is 0 Å². The second-order valence-corrected chi connectivity index (χ2v) is 8.62. The van der Waals surface area contributed by atoms with E-state index in [0.29, 0.717) is 5.92 Å². The molecular weight excluding hydrogens is 383 g/mol. The zero-order valence-electron chi connectivity index (χ0n) is 18.0. The molecule has 4 rings (SSSR count). The molecule has 1 amide bonds. The molecular formula is C24H31FN2OS. The molecule has 0 aliphatic carbocycles. The molecule has 2 heterocycles. The van der Waals surface area contributed by atoms with Gasteiger partial charge in [0, 0.05) is 29.9 Å². The topological polar surface area (TPSA) is 32.3 Å². The Labute approximate surface area is 178 Å². The number of benzene rings is 2. The first-order valence-corrected chi connectivity index (χ1v) is 11.7. The van der Waals surface area contributed by atoms with E-state index < -0.39 is 0 Å². The van der Waals surface area contributed by atoms with Crippen LogP contribution >= 0.6 is 11.8 Å². The lowest BCUT2D eigenvalue weighted by atomic mass is 9.68. The Bertz CT molecular complexity index is 883. The van der Waals surface area contributed by atoms with E-state index in [2.05, 4.69) is 36.2 Å². The summed E-state index contributed by atoms with van der Waals surface area (Å²) in [5, 5.41) is 2.97. The number of nitrogens with one attached hydrogen (secondary N) is 1. The highest BCUT2D eigenvalue weighted by Gasteiger charge is 2.40. The lowest BCUT2D eigenvalue weighted by molar-refractivity contribution is 0.270. The van der Waals surface area contributed by atoms with Gasteiger partial charge >= 0.3 is 0 Å². The van der Waals surface area contributed by atoms with Gasteiger partial charge in [-0.15, -0.1) is 0 Å². The van der Waals surface area contributed by atoms with Crippen molar-refractivity contribution in [2.75, 3.05) is 29.6 Å². The number of amides is 1. The number of thioether (sulfide) groups is 1. The molecule has 2 atom stereocenters. The monoisotopic (exact) mass is 414 g/mol. The summed E-state index contributed by atoms with van der Waals surface area (Å²) >= 11 is 1.18. The number of hydrogen-bond donors (Lipinski definition) is 1. The van der Waals surface area contributed by atoms with Crippen molar-refractivity contribution in [2.24, 2.45) is 0 Å². The first-order chi connectivity index (χ1) is 13.9. The van der Waals surface area contributed by atoms with E-state index in [0.717, 1.165) is 37.2 Å². The number of carbonyl (C=O) groups excluding carboxylic acids is 1. The third-order valence-corrected chi connectivity index (χ3v) is 6.68. The lowest BCUT2D eigenvalue weighted by Crippen LogP contribution is -2.43. The maximum Gasteiger partial charge on any atom is 0.283 e. The van der Waals surface area contributed by atoms with Crippen LogP contribution in [0.4, 0.5) is 20.6 Å². The summed E-state index contributed by atoms with van der Waals surface area (Å²) in [5.41, 5.74) is 5.63. The molecule has 1 unspecified atom stereocenters. The summed E-state index contributed by atoms with van der Waals surface area (Å²) in [6, 6.07) is 11.1. The van der Waals surface area contributed by atoms with Crippen molar-refractivity contribution >= 4 is 28.4 Å². The molecule has 0 saturated heterocycles. The van der Waals surface area contributed by atoms with Crippen molar-refractivity contribution in [3.05, 3.63) is 58.9 Å². The van der Waals surface area contributed by atoms with Crippen LogP contribution in [0.3, 0.4) is 0 Å². The molecule has 2 aliphatic rings. The SMILES string of the molecule is CC.CSC(=O)Nc1cc2c3c(c1)[C@](C)(c1ccc(F)cc1)CCN3CCC2C. The quantitative estimate of drug-likeness (QED) is 0.588. The Balaban J connectivity index is 0.00000117. The van der Waals surface area contributed by atoms with Gasteiger partial charge in [-0.05, 0) is 66.0 Å². The van der Waals surface area contributed by atoms with E-state index >= 15 is 0 Å². The molecule has 2 aromatic rings. The molecule has 0 fully saturated rings. The van der Waals surface area contributed by atoms with Gasteiger partial charge in [-0.25, -0.2) is 4.39 Å². The van der Waals surface area contributed by atoms with Crippen LogP contribution < -0.4 is 10.2 Å². The van der Waals surface area contributed by atoms with Crippen LogP contribution in [0.5, 0.6) is 0 Å². The minimum Gasteiger partial charge on any atom is -0.371 e. The van der Waals surface area contributed by atoms with Gasteiger partial charge in [0.15, 0.2) is 0 Å². The number of anilines is 2. The molecule has 156 valence electrons. The first-order valence-electron chi connectivity index (χ1n) is 10.5. The minimum atomic E-state index is -0.212. The van der Waals surface area contributed by atoms with Crippen LogP contribution in [-0.4, -0.2) is 24.6 Å². The van der Waals surface area contributed by atoms with Gasteiger partial charge in [-0.1, -0.05) is 51.6 Å². The third kappa shape index (κ3) is 4.02. The van der Waals surface area contributed by atoms with Crippen molar-refractivity contribution in [1.82, 2.24) is 0 Å². The molecule has 2 aliphatic heterocycles. The number of halogens is 1. The summed E-state index contributed by atoms with van der Waals surface area (Å²) in [6.45, 7) is 10.6. The van der Waals surface area contributed by atoms with Gasteiger partial charge in [-0.2, -0.15) is 0 Å². The molecule has 0 saturated carbocycles. The fourth-order valence-corrected chi connectivity index (χ4v) is 4.72. The maximum absolute atomic E-state index is 13.5. The lowest BCUT2D eigenvalue weighted by Gasteiger charge is -2.47. The zero-order chi connectivity index (χ0) is 21.2. The Morgan fingerprint density at radius 2 is 1.90 bits per heavy atom. The number of carbonyl (C=O) groups is 1. The van der Waals surface area contributed by atoms with Gasteiger partial charge in [0.05, 0.1) is 0 Å². The first kappa shape index (κ1) is 21.7. The largest absolute Gasteiger partial charge is 0.371 e. The van der Waals surface area contributed by atoms with E-state index in [1.165, 1.54) is 28.6 Å². The van der Waals surface area contributed by atoms with E-state index in [1.807, 2.05) is 26.0 Å². The molecule has 2 aromatic carbocycles. The van der Waals surface area contributed by atoms with Crippen molar-refractivity contribution in [2.45, 2.75) is 51.9 Å². The van der Waals surface area contributed by atoms with Crippen LogP contribution in [0.2, 0.25) is 0 Å². The van der Waals surface area contributed by atoms with Gasteiger partial charge in [0.1, 0.15) is 5.82 Å². The Morgan fingerprint density at radius 3 is 2.55 bits per heavy atom. The highest BCUT2D eigenvalue weighted by atomic mass is 32.2. The normalized spacial score (nSPS) is 22.3. The van der Waals surface area contributed by atoms with Crippen LogP contribution in [0.15, 0.2) is 36.4 Å². The summed E-state index contributed by atoms with van der Waals surface area (Å²) in [5.74, 6) is 0.244. The molecule has 0 bridgehead atoms. The molecule has 0 radical (unpaired) electrons. The highest BCUT2D eigenvalue weighted by Crippen LogP contribution is 2.50. The Kier molecular flexibility index (Phi) is 6.57. The van der Waals surface area contributed by atoms with Crippen molar-refractivity contribution in [3.63, 3.8) is 0 Å². The van der Waals surface area contributed by atoms with E-state index in [1.54, 1.807) is 18.4 Å². The molecule has 1 N–H and O–H groups in total. The van der Waals surface area contributed by atoms with Crippen LogP contribution in [-0.2, 0) is 5.41 Å². The standard InChI is InChI=1S/C22H25FN2OS.C2H6/c1-14-8-10-25-11-9-22(2,15-4-6-16(23)7-5-15)19-13-17(24-21(26)27-3)12-18(14)20(19)25;1-2/h4-7,12-14H,8-11H2,1-3H3,(H,24,26);1-2H3/t14?,22-;/m0./s1. The molecule has 3 nitrogen and oxygen atoms in total. The van der Waals surface area contributed by atoms with E-state index in [9.17, 15) is 9.18 Å². The van der Waals surface area contributed by atoms with E-state index in [4.69, 9.17) is 0 Å². The van der Waals surface area contributed by atoms with Crippen LogP contribution in [0, 0.1) is 5.82 Å². The number of rotatable bonds is 2. The minimum absolute atomic E-state index is 0.0539. The average Bonchev–Trinajstić information content (AvgIpc) is 2.74. The predicted octanol–water partition coefficient (Wildman–Crippen LogP) is 6.77. The Hall–Kier alpha value is -2.01. The molecule has 0 aromatic heterocycles. The number of nitrogens with zero attached hydrogens (tertiary/aromatic N) is 1.